The van der Waals surface area contributed by atoms with Crippen molar-refractivity contribution in [3.8, 4) is 0 Å². The van der Waals surface area contributed by atoms with E-state index in [9.17, 15) is 14.7 Å². The van der Waals surface area contributed by atoms with Crippen LogP contribution in [0.2, 0.25) is 0 Å². The first-order chi connectivity index (χ1) is 7.99. The Bertz CT molecular complexity index is 291. The molecule has 17 heavy (non-hydrogen) atoms. The molecule has 98 valence electrons. The molecule has 1 aliphatic carbocycles. The van der Waals surface area contributed by atoms with Crippen molar-refractivity contribution in [1.29, 1.82) is 0 Å². The van der Waals surface area contributed by atoms with Gasteiger partial charge in [-0.3, -0.25) is 9.59 Å². The van der Waals surface area contributed by atoms with Crippen LogP contribution in [0.15, 0.2) is 0 Å². The van der Waals surface area contributed by atoms with Crippen LogP contribution >= 0.6 is 0 Å². The minimum Gasteiger partial charge on any atom is -0.481 e. The predicted octanol–water partition coefficient (Wildman–Crippen LogP) is 0.622. The van der Waals surface area contributed by atoms with E-state index in [2.05, 4.69) is 5.32 Å². The fraction of sp³-hybridized carbons (Fsp3) is 0.833. The maximum atomic E-state index is 11.7. The molecular weight excluding hydrogens is 222 g/mol. The second kappa shape index (κ2) is 5.49. The molecule has 0 spiro atoms. The molecular formula is C12H21NO4. The van der Waals surface area contributed by atoms with E-state index in [0.29, 0.717) is 13.0 Å². The Balaban J connectivity index is 2.41. The number of nitrogens with one attached hydrogen (secondary N) is 1. The van der Waals surface area contributed by atoms with Gasteiger partial charge in [-0.05, 0) is 19.3 Å². The number of carbonyl (C=O) groups excluding carboxylic acids is 1. The van der Waals surface area contributed by atoms with Crippen LogP contribution in [-0.2, 0) is 9.59 Å². The number of hydrogen-bond acceptors (Lipinski definition) is 3. The highest BCUT2D eigenvalue weighted by molar-refractivity contribution is 5.89. The molecule has 2 atom stereocenters. The normalized spacial score (nSPS) is 23.2. The van der Waals surface area contributed by atoms with Crippen molar-refractivity contribution in [2.45, 2.75) is 33.1 Å². The fourth-order valence-corrected chi connectivity index (χ4v) is 1.94. The number of carbonyl (C=O) groups is 2. The van der Waals surface area contributed by atoms with Crippen LogP contribution in [-0.4, -0.2) is 35.2 Å². The molecule has 0 unspecified atom stereocenters. The van der Waals surface area contributed by atoms with Crippen LogP contribution < -0.4 is 5.32 Å². The number of amides is 1. The molecule has 5 heteroatoms. The molecule has 0 radical (unpaired) electrons. The van der Waals surface area contributed by atoms with E-state index in [1.54, 1.807) is 0 Å². The summed E-state index contributed by atoms with van der Waals surface area (Å²) < 4.78 is 0. The van der Waals surface area contributed by atoms with E-state index < -0.39 is 11.9 Å². The largest absolute Gasteiger partial charge is 0.481 e. The van der Waals surface area contributed by atoms with Gasteiger partial charge in [-0.1, -0.05) is 13.8 Å². The van der Waals surface area contributed by atoms with Gasteiger partial charge >= 0.3 is 5.97 Å². The van der Waals surface area contributed by atoms with Crippen molar-refractivity contribution >= 4 is 11.9 Å². The number of aliphatic hydroxyl groups excluding tert-OH is 1. The van der Waals surface area contributed by atoms with E-state index in [1.807, 2.05) is 13.8 Å². The Hall–Kier alpha value is -1.10. The summed E-state index contributed by atoms with van der Waals surface area (Å²) in [6.07, 6.45) is 2.01. The molecule has 0 aromatic carbocycles. The maximum Gasteiger partial charge on any atom is 0.307 e. The highest BCUT2D eigenvalue weighted by atomic mass is 16.4. The van der Waals surface area contributed by atoms with Crippen LogP contribution in [0.5, 0.6) is 0 Å². The van der Waals surface area contributed by atoms with Crippen LogP contribution in [0.1, 0.15) is 33.1 Å². The zero-order chi connectivity index (χ0) is 13.1. The Morgan fingerprint density at radius 1 is 1.29 bits per heavy atom. The summed E-state index contributed by atoms with van der Waals surface area (Å²) in [5, 5.41) is 20.8. The fourth-order valence-electron chi connectivity index (χ4n) is 1.94. The van der Waals surface area contributed by atoms with Crippen molar-refractivity contribution in [2.75, 3.05) is 13.2 Å². The summed E-state index contributed by atoms with van der Waals surface area (Å²) in [7, 11) is 0. The van der Waals surface area contributed by atoms with Gasteiger partial charge in [0.1, 0.15) is 0 Å². The lowest BCUT2D eigenvalue weighted by Gasteiger charge is -2.29. The number of hydrogen-bond donors (Lipinski definition) is 3. The molecule has 0 aromatic heterocycles. The van der Waals surface area contributed by atoms with Crippen LogP contribution in [0.3, 0.4) is 0 Å². The van der Waals surface area contributed by atoms with Gasteiger partial charge in [-0.15, -0.1) is 0 Å². The molecule has 1 saturated carbocycles. The molecule has 1 amide bonds. The summed E-state index contributed by atoms with van der Waals surface area (Å²) in [4.78, 5) is 22.3. The Morgan fingerprint density at radius 3 is 2.24 bits per heavy atom. The summed E-state index contributed by atoms with van der Waals surface area (Å²) in [5.41, 5.74) is -0.275. The third-order valence-corrected chi connectivity index (χ3v) is 3.92. The highest BCUT2D eigenvalue weighted by Gasteiger charge is 2.48. The van der Waals surface area contributed by atoms with Gasteiger partial charge in [-0.2, -0.15) is 0 Å². The Kier molecular flexibility index (Phi) is 4.51. The van der Waals surface area contributed by atoms with E-state index >= 15 is 0 Å². The van der Waals surface area contributed by atoms with Gasteiger partial charge in [0.2, 0.25) is 5.91 Å². The minimum absolute atomic E-state index is 0.0350. The highest BCUT2D eigenvalue weighted by Crippen LogP contribution is 2.38. The summed E-state index contributed by atoms with van der Waals surface area (Å²) in [5.74, 6) is -1.99. The maximum absolute atomic E-state index is 11.7. The topological polar surface area (TPSA) is 86.6 Å². The van der Waals surface area contributed by atoms with Gasteiger partial charge in [0.25, 0.3) is 0 Å². The van der Waals surface area contributed by atoms with Gasteiger partial charge in [0, 0.05) is 12.0 Å². The minimum atomic E-state index is -0.899. The van der Waals surface area contributed by atoms with Gasteiger partial charge in [-0.25, -0.2) is 0 Å². The lowest BCUT2D eigenvalue weighted by Crippen LogP contribution is -2.40. The first kappa shape index (κ1) is 14.0. The van der Waals surface area contributed by atoms with Crippen molar-refractivity contribution in [1.82, 2.24) is 5.32 Å². The van der Waals surface area contributed by atoms with Crippen molar-refractivity contribution < 1.29 is 19.8 Å². The van der Waals surface area contributed by atoms with Gasteiger partial charge < -0.3 is 15.5 Å². The van der Waals surface area contributed by atoms with Gasteiger partial charge in [0.15, 0.2) is 0 Å². The number of aliphatic hydroxyl groups is 1. The third kappa shape index (κ3) is 3.19. The first-order valence-corrected chi connectivity index (χ1v) is 6.11. The molecule has 1 fully saturated rings. The number of rotatable bonds is 7. The monoisotopic (exact) mass is 243 g/mol. The number of aliphatic carboxylic acids is 1. The van der Waals surface area contributed by atoms with E-state index in [4.69, 9.17) is 5.11 Å². The SMILES string of the molecule is CCC(CC)(CO)CNC(=O)[C@@H]1C[C@@H]1C(=O)O. The molecule has 1 rings (SSSR count). The van der Waals surface area contributed by atoms with Crippen molar-refractivity contribution in [3.63, 3.8) is 0 Å². The molecule has 0 saturated heterocycles. The molecule has 3 N–H and O–H groups in total. The van der Waals surface area contributed by atoms with Crippen LogP contribution in [0.4, 0.5) is 0 Å². The van der Waals surface area contributed by atoms with E-state index in [-0.39, 0.29) is 23.8 Å². The predicted molar refractivity (Wildman–Crippen MR) is 62.3 cm³/mol. The average molecular weight is 243 g/mol. The lowest BCUT2D eigenvalue weighted by atomic mass is 9.83. The van der Waals surface area contributed by atoms with E-state index in [0.717, 1.165) is 12.8 Å². The van der Waals surface area contributed by atoms with Crippen LogP contribution in [0.25, 0.3) is 0 Å². The molecule has 0 aromatic rings. The molecule has 1 aliphatic rings. The summed E-state index contributed by atoms with van der Waals surface area (Å²) in [6, 6.07) is 0. The lowest BCUT2D eigenvalue weighted by molar-refractivity contribution is -0.140. The van der Waals surface area contributed by atoms with Crippen molar-refractivity contribution in [2.24, 2.45) is 17.3 Å². The van der Waals surface area contributed by atoms with Gasteiger partial charge in [0.05, 0.1) is 18.4 Å². The molecule has 0 aliphatic heterocycles. The first-order valence-electron chi connectivity index (χ1n) is 6.11. The Morgan fingerprint density at radius 2 is 1.88 bits per heavy atom. The molecule has 0 bridgehead atoms. The Labute approximate surface area is 101 Å². The summed E-state index contributed by atoms with van der Waals surface area (Å²) in [6.45, 7) is 4.40. The molecule has 0 heterocycles. The quantitative estimate of drug-likeness (QED) is 0.612. The third-order valence-electron chi connectivity index (χ3n) is 3.92. The zero-order valence-electron chi connectivity index (χ0n) is 10.4. The second-order valence-corrected chi connectivity index (χ2v) is 4.87. The van der Waals surface area contributed by atoms with E-state index in [1.165, 1.54) is 0 Å². The average Bonchev–Trinajstić information content (AvgIpc) is 3.11. The smallest absolute Gasteiger partial charge is 0.307 e. The number of carboxylic acids is 1. The number of carboxylic acid groups (broad SMARTS) is 1. The summed E-state index contributed by atoms with van der Waals surface area (Å²) >= 11 is 0. The zero-order valence-corrected chi connectivity index (χ0v) is 10.4. The van der Waals surface area contributed by atoms with Crippen LogP contribution in [0, 0.1) is 17.3 Å². The second-order valence-electron chi connectivity index (χ2n) is 4.87. The standard InChI is InChI=1S/C12H21NO4/c1-3-12(4-2,7-14)6-13-10(15)8-5-9(8)11(16)17/h8-9,14H,3-7H2,1-2H3,(H,13,15)(H,16,17)/t8-,9+/m1/s1. The molecule has 5 nitrogen and oxygen atoms in total. The van der Waals surface area contributed by atoms with Crippen molar-refractivity contribution in [3.05, 3.63) is 0 Å².